The number of aromatic nitrogens is 2. The van der Waals surface area contributed by atoms with Crippen molar-refractivity contribution in [3.63, 3.8) is 0 Å². The molecule has 2 rings (SSSR count). The van der Waals surface area contributed by atoms with E-state index in [1.165, 1.54) is 4.68 Å². The van der Waals surface area contributed by atoms with Gasteiger partial charge in [0.05, 0.1) is 5.69 Å². The van der Waals surface area contributed by atoms with Crippen molar-refractivity contribution in [1.29, 1.82) is 0 Å². The van der Waals surface area contributed by atoms with Gasteiger partial charge in [-0.25, -0.2) is 8.42 Å². The van der Waals surface area contributed by atoms with Gasteiger partial charge in [-0.2, -0.15) is 9.40 Å². The molecule has 0 spiro atoms. The molecule has 1 aliphatic carbocycles. The summed E-state index contributed by atoms with van der Waals surface area (Å²) in [5.74, 6) is 0.569. The van der Waals surface area contributed by atoms with Crippen LogP contribution in [0.5, 0.6) is 0 Å². The molecule has 1 aromatic heterocycles. The molecule has 1 aromatic rings. The van der Waals surface area contributed by atoms with Gasteiger partial charge >= 0.3 is 0 Å². The summed E-state index contributed by atoms with van der Waals surface area (Å²) < 4.78 is 28.9. The van der Waals surface area contributed by atoms with Gasteiger partial charge in [0.15, 0.2) is 5.82 Å². The molecule has 0 aromatic carbocycles. The van der Waals surface area contributed by atoms with Gasteiger partial charge < -0.3 is 5.73 Å². The number of aryl methyl sites for hydroxylation is 1. The summed E-state index contributed by atoms with van der Waals surface area (Å²) in [6, 6.07) is 0.137. The van der Waals surface area contributed by atoms with Gasteiger partial charge in [-0.15, -0.1) is 0 Å². The molecule has 114 valence electrons. The van der Waals surface area contributed by atoms with Crippen LogP contribution in [-0.2, 0) is 17.1 Å². The Hall–Kier alpha value is -1.08. The Balaban J connectivity index is 2.35. The van der Waals surface area contributed by atoms with Crippen molar-refractivity contribution < 1.29 is 8.42 Å². The highest BCUT2D eigenvalue weighted by atomic mass is 32.2. The van der Waals surface area contributed by atoms with Crippen molar-refractivity contribution in [2.24, 2.45) is 13.0 Å². The molecule has 0 aliphatic heterocycles. The van der Waals surface area contributed by atoms with Gasteiger partial charge in [0.25, 0.3) is 0 Å². The van der Waals surface area contributed by atoms with Crippen molar-refractivity contribution in [1.82, 2.24) is 14.1 Å². The lowest BCUT2D eigenvalue weighted by atomic mass is 10.1. The van der Waals surface area contributed by atoms with E-state index in [0.717, 1.165) is 19.3 Å². The number of sulfonamides is 1. The number of anilines is 1. The largest absolute Gasteiger partial charge is 0.381 e. The highest BCUT2D eigenvalue weighted by molar-refractivity contribution is 7.89. The van der Waals surface area contributed by atoms with Crippen LogP contribution in [-0.4, -0.2) is 35.1 Å². The molecule has 0 unspecified atom stereocenters. The summed E-state index contributed by atoms with van der Waals surface area (Å²) in [4.78, 5) is 0.177. The average molecular weight is 300 g/mol. The molecule has 1 fully saturated rings. The molecule has 0 radical (unpaired) electrons. The Morgan fingerprint density at radius 3 is 2.45 bits per heavy atom. The Morgan fingerprint density at radius 2 is 2.05 bits per heavy atom. The average Bonchev–Trinajstić information content (AvgIpc) is 3.08. The molecule has 0 atom stereocenters. The topological polar surface area (TPSA) is 81.2 Å². The SMILES string of the molecule is Cc1c(S(=O)(=O)N(CCC(C)C)C2CC2)c(N)nn1C. The van der Waals surface area contributed by atoms with Crippen LogP contribution in [0, 0.1) is 12.8 Å². The van der Waals surface area contributed by atoms with Crippen LogP contribution >= 0.6 is 0 Å². The van der Waals surface area contributed by atoms with E-state index in [-0.39, 0.29) is 16.8 Å². The quantitative estimate of drug-likeness (QED) is 0.863. The van der Waals surface area contributed by atoms with E-state index in [9.17, 15) is 8.42 Å². The van der Waals surface area contributed by atoms with E-state index in [4.69, 9.17) is 5.73 Å². The molecule has 1 saturated carbocycles. The minimum atomic E-state index is -3.55. The molecule has 1 heterocycles. The highest BCUT2D eigenvalue weighted by Crippen LogP contribution is 2.35. The van der Waals surface area contributed by atoms with Crippen LogP contribution in [0.15, 0.2) is 4.90 Å². The molecular weight excluding hydrogens is 276 g/mol. The highest BCUT2D eigenvalue weighted by Gasteiger charge is 2.40. The molecule has 6 nitrogen and oxygen atoms in total. The molecule has 20 heavy (non-hydrogen) atoms. The third kappa shape index (κ3) is 2.83. The fourth-order valence-corrected chi connectivity index (χ4v) is 4.29. The summed E-state index contributed by atoms with van der Waals surface area (Å²) in [6.07, 6.45) is 2.74. The van der Waals surface area contributed by atoms with Crippen LogP contribution in [0.2, 0.25) is 0 Å². The van der Waals surface area contributed by atoms with Gasteiger partial charge in [0.1, 0.15) is 4.90 Å². The third-order valence-electron chi connectivity index (χ3n) is 3.75. The standard InChI is InChI=1S/C13H24N4O2S/c1-9(2)7-8-17(11-5-6-11)20(18,19)12-10(3)16(4)15-13(12)14/h9,11H,5-8H2,1-4H3,(H2,14,15). The molecule has 0 bridgehead atoms. The normalized spacial score (nSPS) is 16.3. The maximum absolute atomic E-state index is 12.9. The Bertz CT molecular complexity index is 588. The second kappa shape index (κ2) is 5.37. The predicted molar refractivity (Wildman–Crippen MR) is 78.7 cm³/mol. The second-order valence-corrected chi connectivity index (χ2v) is 7.78. The van der Waals surface area contributed by atoms with Crippen LogP contribution in [0.4, 0.5) is 5.82 Å². The first kappa shape index (κ1) is 15.3. The number of nitrogen functional groups attached to an aromatic ring is 1. The Labute approximate surface area is 121 Å². The maximum Gasteiger partial charge on any atom is 0.248 e. The number of rotatable bonds is 6. The van der Waals surface area contributed by atoms with E-state index < -0.39 is 10.0 Å². The first-order chi connectivity index (χ1) is 9.25. The van der Waals surface area contributed by atoms with Crippen LogP contribution in [0.1, 0.15) is 38.8 Å². The summed E-state index contributed by atoms with van der Waals surface area (Å²) in [5.41, 5.74) is 6.40. The molecule has 2 N–H and O–H groups in total. The zero-order valence-corrected chi connectivity index (χ0v) is 13.4. The number of nitrogens with zero attached hydrogens (tertiary/aromatic N) is 3. The van der Waals surface area contributed by atoms with E-state index in [1.807, 2.05) is 0 Å². The van der Waals surface area contributed by atoms with Crippen molar-refractivity contribution in [2.75, 3.05) is 12.3 Å². The number of hydrogen-bond acceptors (Lipinski definition) is 4. The van der Waals surface area contributed by atoms with E-state index in [1.54, 1.807) is 18.3 Å². The summed E-state index contributed by atoms with van der Waals surface area (Å²) in [6.45, 7) is 6.49. The number of nitrogens with two attached hydrogens (primary N) is 1. The fourth-order valence-electron chi connectivity index (χ4n) is 2.30. The van der Waals surface area contributed by atoms with Gasteiger partial charge in [0, 0.05) is 19.6 Å². The Kier molecular flexibility index (Phi) is 4.11. The molecular formula is C13H24N4O2S. The first-order valence-electron chi connectivity index (χ1n) is 7.06. The van der Waals surface area contributed by atoms with E-state index >= 15 is 0 Å². The third-order valence-corrected chi connectivity index (χ3v) is 5.87. The van der Waals surface area contributed by atoms with Gasteiger partial charge in [-0.1, -0.05) is 13.8 Å². The monoisotopic (exact) mass is 300 g/mol. The maximum atomic E-state index is 12.9. The van der Waals surface area contributed by atoms with Crippen LogP contribution in [0.3, 0.4) is 0 Å². The Morgan fingerprint density at radius 1 is 1.45 bits per heavy atom. The summed E-state index contributed by atoms with van der Waals surface area (Å²) in [7, 11) is -1.84. The molecule has 7 heteroatoms. The lowest BCUT2D eigenvalue weighted by molar-refractivity contribution is 0.373. The smallest absolute Gasteiger partial charge is 0.248 e. The molecule has 1 aliphatic rings. The predicted octanol–water partition coefficient (Wildman–Crippen LogP) is 1.51. The minimum Gasteiger partial charge on any atom is -0.381 e. The number of hydrogen-bond donors (Lipinski definition) is 1. The minimum absolute atomic E-state index is 0.0974. The summed E-state index contributed by atoms with van der Waals surface area (Å²) in [5, 5.41) is 4.02. The van der Waals surface area contributed by atoms with Crippen molar-refractivity contribution in [2.45, 2.75) is 51.0 Å². The van der Waals surface area contributed by atoms with Gasteiger partial charge in [0.2, 0.25) is 10.0 Å². The zero-order valence-electron chi connectivity index (χ0n) is 12.6. The van der Waals surface area contributed by atoms with Crippen LogP contribution < -0.4 is 5.73 Å². The second-order valence-electron chi connectivity index (χ2n) is 5.95. The van der Waals surface area contributed by atoms with E-state index in [0.29, 0.717) is 18.2 Å². The van der Waals surface area contributed by atoms with Gasteiger partial charge in [-0.3, -0.25) is 4.68 Å². The zero-order chi connectivity index (χ0) is 15.1. The fraction of sp³-hybridized carbons (Fsp3) is 0.769. The first-order valence-corrected chi connectivity index (χ1v) is 8.50. The van der Waals surface area contributed by atoms with Crippen LogP contribution in [0.25, 0.3) is 0 Å². The lowest BCUT2D eigenvalue weighted by Crippen LogP contribution is -2.35. The van der Waals surface area contributed by atoms with Gasteiger partial charge in [-0.05, 0) is 32.1 Å². The lowest BCUT2D eigenvalue weighted by Gasteiger charge is -2.22. The molecule has 0 amide bonds. The molecule has 0 saturated heterocycles. The summed E-state index contributed by atoms with van der Waals surface area (Å²) >= 11 is 0. The van der Waals surface area contributed by atoms with E-state index in [2.05, 4.69) is 18.9 Å². The van der Waals surface area contributed by atoms with Crippen molar-refractivity contribution in [3.05, 3.63) is 5.69 Å². The van der Waals surface area contributed by atoms with Crippen molar-refractivity contribution in [3.8, 4) is 0 Å². The van der Waals surface area contributed by atoms with Crippen molar-refractivity contribution >= 4 is 15.8 Å².